The van der Waals surface area contributed by atoms with Crippen molar-refractivity contribution >= 4 is 22.9 Å². The van der Waals surface area contributed by atoms with Crippen molar-refractivity contribution in [1.29, 1.82) is 0 Å². The minimum Gasteiger partial charge on any atom is -0.387 e. The van der Waals surface area contributed by atoms with Crippen molar-refractivity contribution in [3.05, 3.63) is 96.1 Å². The molecule has 2 saturated heterocycles. The fraction of sp³-hybridized carbons (Fsp3) is 0.429. The first-order chi connectivity index (χ1) is 24.0. The highest BCUT2D eigenvalue weighted by Gasteiger charge is 2.47. The Labute approximate surface area is 284 Å². The first-order valence-corrected chi connectivity index (χ1v) is 17.0. The summed E-state index contributed by atoms with van der Waals surface area (Å²) < 4.78 is 9.32. The molecule has 5 heterocycles. The van der Waals surface area contributed by atoms with Gasteiger partial charge in [-0.1, -0.05) is 67.1 Å². The van der Waals surface area contributed by atoms with Crippen LogP contribution in [0.2, 0.25) is 0 Å². The molecule has 0 bridgehead atoms. The number of aryl methyl sites for hydroxylation is 1. The van der Waals surface area contributed by atoms with Gasteiger partial charge in [0, 0.05) is 32.1 Å². The van der Waals surface area contributed by atoms with Crippen LogP contribution in [0.1, 0.15) is 72.0 Å². The standard InChI is InChI=1S/C35H42N10O4/c1-2-44-21-39-31(42-44)29-27(46)28(47)35(49-29)45-22-38-26-30(37-20-25(23-12-6-3-7-13-23)24-14-8-4-9-15-24)40-32(41-33(26)45)34(48)36-16-19-43-17-10-5-11-18-43/h3-4,6-9,12-15,21-22,25,27-29,35,46-47H,2,5,10-11,16-20H2,1H3,(H,36,48)(H,37,40,41)/t27-,28+,29-,35+/m0/s1. The van der Waals surface area contributed by atoms with Crippen LogP contribution >= 0.6 is 0 Å². The lowest BCUT2D eigenvalue weighted by Crippen LogP contribution is -2.38. The van der Waals surface area contributed by atoms with E-state index in [4.69, 9.17) is 4.74 Å². The maximum atomic E-state index is 13.6. The van der Waals surface area contributed by atoms with Crippen molar-refractivity contribution in [2.24, 2.45) is 0 Å². The smallest absolute Gasteiger partial charge is 0.289 e. The maximum absolute atomic E-state index is 13.6. The molecule has 1 amide bonds. The number of carbonyl (C=O) groups excluding carboxylic acids is 1. The second-order valence-electron chi connectivity index (χ2n) is 12.5. The van der Waals surface area contributed by atoms with Gasteiger partial charge >= 0.3 is 0 Å². The van der Waals surface area contributed by atoms with Crippen LogP contribution in [0.4, 0.5) is 5.82 Å². The van der Waals surface area contributed by atoms with E-state index >= 15 is 0 Å². The minimum absolute atomic E-state index is 0.0253. The number of nitrogens with zero attached hydrogens (tertiary/aromatic N) is 8. The molecule has 49 heavy (non-hydrogen) atoms. The number of ether oxygens (including phenoxy) is 1. The Morgan fingerprint density at radius 2 is 1.65 bits per heavy atom. The van der Waals surface area contributed by atoms with Crippen LogP contribution in [-0.2, 0) is 11.3 Å². The van der Waals surface area contributed by atoms with Crippen LogP contribution in [0.15, 0.2) is 73.3 Å². The molecule has 3 aromatic heterocycles. The lowest BCUT2D eigenvalue weighted by molar-refractivity contribution is -0.0383. The Morgan fingerprint density at radius 3 is 2.33 bits per heavy atom. The second kappa shape index (κ2) is 14.8. The number of hydrogen-bond donors (Lipinski definition) is 4. The number of nitrogens with one attached hydrogen (secondary N) is 2. The number of aliphatic hydroxyl groups is 2. The topological polar surface area (TPSA) is 168 Å². The molecule has 0 saturated carbocycles. The third kappa shape index (κ3) is 7.04. The number of aromatic nitrogens is 7. The Bertz CT molecular complexity index is 1800. The molecule has 2 aliphatic heterocycles. The van der Waals surface area contributed by atoms with E-state index in [1.165, 1.54) is 30.2 Å². The van der Waals surface area contributed by atoms with Gasteiger partial charge in [0.25, 0.3) is 5.91 Å². The lowest BCUT2D eigenvalue weighted by atomic mass is 9.91. The van der Waals surface area contributed by atoms with E-state index in [9.17, 15) is 15.0 Å². The lowest BCUT2D eigenvalue weighted by Gasteiger charge is -2.26. The Kier molecular flexibility index (Phi) is 9.89. The van der Waals surface area contributed by atoms with E-state index < -0.39 is 30.4 Å². The average molecular weight is 667 g/mol. The summed E-state index contributed by atoms with van der Waals surface area (Å²) in [7, 11) is 0. The zero-order valence-electron chi connectivity index (χ0n) is 27.5. The van der Waals surface area contributed by atoms with Crippen molar-refractivity contribution in [1.82, 2.24) is 44.5 Å². The number of fused-ring (bicyclic) bond motifs is 1. The molecule has 256 valence electrons. The maximum Gasteiger partial charge on any atom is 0.289 e. The van der Waals surface area contributed by atoms with E-state index in [1.807, 2.05) is 43.3 Å². The molecule has 14 nitrogen and oxygen atoms in total. The molecular weight excluding hydrogens is 624 g/mol. The van der Waals surface area contributed by atoms with E-state index in [1.54, 1.807) is 11.0 Å². The summed E-state index contributed by atoms with van der Waals surface area (Å²) in [5.41, 5.74) is 2.91. The van der Waals surface area contributed by atoms with Gasteiger partial charge in [-0.3, -0.25) is 14.0 Å². The fourth-order valence-electron chi connectivity index (χ4n) is 6.61. The van der Waals surface area contributed by atoms with Gasteiger partial charge in [0.15, 0.2) is 35.1 Å². The summed E-state index contributed by atoms with van der Waals surface area (Å²) in [6.07, 6.45) is 1.92. The summed E-state index contributed by atoms with van der Waals surface area (Å²) in [5.74, 6) is 0.146. The van der Waals surface area contributed by atoms with Crippen LogP contribution in [0.3, 0.4) is 0 Å². The van der Waals surface area contributed by atoms with Gasteiger partial charge in [-0.15, -0.1) is 0 Å². The molecule has 0 spiro atoms. The highest BCUT2D eigenvalue weighted by molar-refractivity contribution is 5.94. The van der Waals surface area contributed by atoms with Crippen LogP contribution in [0.25, 0.3) is 11.2 Å². The van der Waals surface area contributed by atoms with Gasteiger partial charge in [0.05, 0.1) is 6.33 Å². The number of aliphatic hydroxyl groups excluding tert-OH is 2. The van der Waals surface area contributed by atoms with Crippen molar-refractivity contribution < 1.29 is 19.7 Å². The molecule has 14 heteroatoms. The van der Waals surface area contributed by atoms with E-state index in [0.717, 1.165) is 30.8 Å². The third-order valence-corrected chi connectivity index (χ3v) is 9.31. The molecule has 2 aliphatic rings. The van der Waals surface area contributed by atoms with Gasteiger partial charge in [-0.2, -0.15) is 5.10 Å². The summed E-state index contributed by atoms with van der Waals surface area (Å²) in [5, 5.41) is 33.0. The Balaban J connectivity index is 1.20. The molecule has 5 aromatic rings. The monoisotopic (exact) mass is 666 g/mol. The summed E-state index contributed by atoms with van der Waals surface area (Å²) in [6.45, 7) is 6.24. The number of rotatable bonds is 12. The van der Waals surface area contributed by atoms with Crippen LogP contribution in [0.5, 0.6) is 0 Å². The Morgan fingerprint density at radius 1 is 0.939 bits per heavy atom. The largest absolute Gasteiger partial charge is 0.387 e. The van der Waals surface area contributed by atoms with Gasteiger partial charge in [0.1, 0.15) is 18.5 Å². The SMILES string of the molecule is CCn1cnc([C@H]2O[C@@H](n3cnc4c(NCC(c5ccccc5)c5ccccc5)nc(C(=O)NCCN5CCCCC5)nc43)[C@H](O)[C@@H]2O)n1. The van der Waals surface area contributed by atoms with Gasteiger partial charge < -0.3 is 30.5 Å². The number of hydrogen-bond acceptors (Lipinski definition) is 11. The van der Waals surface area contributed by atoms with Crippen molar-refractivity contribution in [3.8, 4) is 0 Å². The predicted octanol–water partition coefficient (Wildman–Crippen LogP) is 2.89. The molecule has 7 rings (SSSR count). The molecule has 2 aromatic carbocycles. The zero-order valence-corrected chi connectivity index (χ0v) is 27.5. The van der Waals surface area contributed by atoms with Crippen LogP contribution < -0.4 is 10.6 Å². The fourth-order valence-corrected chi connectivity index (χ4v) is 6.61. The summed E-state index contributed by atoms with van der Waals surface area (Å²) in [6, 6.07) is 20.4. The number of anilines is 1. The van der Waals surface area contributed by atoms with E-state index in [0.29, 0.717) is 31.0 Å². The number of imidazole rings is 1. The highest BCUT2D eigenvalue weighted by atomic mass is 16.6. The molecule has 0 aliphatic carbocycles. The Hall–Kier alpha value is -4.76. The quantitative estimate of drug-likeness (QED) is 0.155. The minimum atomic E-state index is -1.34. The molecule has 0 radical (unpaired) electrons. The van der Waals surface area contributed by atoms with E-state index in [-0.39, 0.29) is 23.2 Å². The second-order valence-corrected chi connectivity index (χ2v) is 12.5. The number of benzene rings is 2. The average Bonchev–Trinajstić information content (AvgIpc) is 3.87. The van der Waals surface area contributed by atoms with Crippen LogP contribution in [0, 0.1) is 0 Å². The number of likely N-dealkylation sites (tertiary alicyclic amines) is 1. The van der Waals surface area contributed by atoms with Crippen molar-refractivity contribution in [2.75, 3.05) is 38.0 Å². The molecule has 0 unspecified atom stereocenters. The predicted molar refractivity (Wildman–Crippen MR) is 182 cm³/mol. The summed E-state index contributed by atoms with van der Waals surface area (Å²) >= 11 is 0. The number of piperidine rings is 1. The van der Waals surface area contributed by atoms with Gasteiger partial charge in [0.2, 0.25) is 5.82 Å². The van der Waals surface area contributed by atoms with E-state index in [2.05, 4.69) is 64.8 Å². The number of amides is 1. The summed E-state index contributed by atoms with van der Waals surface area (Å²) in [4.78, 5) is 34.1. The zero-order chi connectivity index (χ0) is 33.7. The molecular formula is C35H42N10O4. The number of carbonyl (C=O) groups is 1. The molecule has 2 fully saturated rings. The van der Waals surface area contributed by atoms with Gasteiger partial charge in [-0.25, -0.2) is 19.9 Å². The van der Waals surface area contributed by atoms with Crippen LogP contribution in [-0.4, -0.2) is 100 Å². The van der Waals surface area contributed by atoms with Gasteiger partial charge in [-0.05, 0) is 44.0 Å². The van der Waals surface area contributed by atoms with Crippen molar-refractivity contribution in [3.63, 3.8) is 0 Å². The first-order valence-electron chi connectivity index (χ1n) is 17.0. The molecule has 4 N–H and O–H groups in total. The molecule has 4 atom stereocenters. The van der Waals surface area contributed by atoms with Crippen molar-refractivity contribution in [2.45, 2.75) is 63.2 Å². The highest BCUT2D eigenvalue weighted by Crippen LogP contribution is 2.39. The first kappa shape index (κ1) is 32.8. The third-order valence-electron chi connectivity index (χ3n) is 9.31. The normalized spacial score (nSPS) is 21.4.